The second-order valence-corrected chi connectivity index (χ2v) is 14.0. The lowest BCUT2D eigenvalue weighted by Gasteiger charge is -2.15. The van der Waals surface area contributed by atoms with Gasteiger partial charge in [-0.3, -0.25) is 9.11 Å². The summed E-state index contributed by atoms with van der Waals surface area (Å²) in [6.45, 7) is 0. The van der Waals surface area contributed by atoms with Crippen molar-refractivity contribution in [1.29, 1.82) is 0 Å². The van der Waals surface area contributed by atoms with Crippen LogP contribution in [0.25, 0.3) is 10.8 Å². The van der Waals surface area contributed by atoms with Crippen molar-refractivity contribution in [2.75, 3.05) is 5.32 Å². The molecule has 0 heterocycles. The van der Waals surface area contributed by atoms with Crippen LogP contribution in [-0.4, -0.2) is 40.6 Å². The Morgan fingerprint density at radius 2 is 1.20 bits per heavy atom. The minimum Gasteiger partial charge on any atom is -0.355 e. The van der Waals surface area contributed by atoms with Crippen LogP contribution in [0.2, 0.25) is 0 Å². The quantitative estimate of drug-likeness (QED) is 0.0699. The van der Waals surface area contributed by atoms with Gasteiger partial charge < -0.3 is 9.87 Å². The second-order valence-electron chi connectivity index (χ2n) is 9.44. The molecule has 0 saturated heterocycles. The molecule has 13 nitrogen and oxygen atoms in total. The predicted molar refractivity (Wildman–Crippen MR) is 171 cm³/mol. The molecular weight excluding hydrogens is 643 g/mol. The highest BCUT2D eigenvalue weighted by Crippen LogP contribution is 2.39. The summed E-state index contributed by atoms with van der Waals surface area (Å²) in [4.78, 5) is -0.906. The molecule has 0 aliphatic rings. The highest BCUT2D eigenvalue weighted by molar-refractivity contribution is 7.95. The maximum absolute atomic E-state index is 12.7. The van der Waals surface area contributed by atoms with Crippen molar-refractivity contribution in [3.05, 3.63) is 103 Å². The van der Waals surface area contributed by atoms with Crippen LogP contribution in [0.5, 0.6) is 0 Å². The van der Waals surface area contributed by atoms with Crippen molar-refractivity contribution in [3.8, 4) is 0 Å². The molecule has 5 rings (SSSR count). The summed E-state index contributed by atoms with van der Waals surface area (Å²) >= 11 is 0. The van der Waals surface area contributed by atoms with Gasteiger partial charge in [-0.1, -0.05) is 30.3 Å². The molecule has 5 aromatic carbocycles. The highest BCUT2D eigenvalue weighted by Gasteiger charge is 2.18. The summed E-state index contributed by atoms with van der Waals surface area (Å²) in [6.07, 6.45) is 0. The third-order valence-electron chi connectivity index (χ3n) is 6.28. The maximum atomic E-state index is 12.7. The van der Waals surface area contributed by atoms with Gasteiger partial charge in [0, 0.05) is 22.1 Å². The first-order valence-corrected chi connectivity index (χ1v) is 17.3. The molecular formula is C29H23N5O8S3. The van der Waals surface area contributed by atoms with Crippen LogP contribution in [-0.2, 0) is 30.0 Å². The number of nitrogens with zero attached hydrogens (tertiary/aromatic N) is 4. The zero-order chi connectivity index (χ0) is 32.4. The molecule has 45 heavy (non-hydrogen) atoms. The zero-order valence-corrected chi connectivity index (χ0v) is 25.4. The van der Waals surface area contributed by atoms with Crippen LogP contribution in [0.1, 0.15) is 0 Å². The van der Waals surface area contributed by atoms with E-state index < -0.39 is 34.9 Å². The number of benzene rings is 5. The monoisotopic (exact) mass is 665 g/mol. The van der Waals surface area contributed by atoms with E-state index in [0.717, 1.165) is 23.9 Å². The topological polar surface area (TPSA) is 208 Å². The van der Waals surface area contributed by atoms with E-state index in [4.69, 9.17) is 4.55 Å². The number of rotatable bonds is 9. The Labute approximate surface area is 258 Å². The van der Waals surface area contributed by atoms with Gasteiger partial charge in [0.2, 0.25) is 0 Å². The van der Waals surface area contributed by atoms with Gasteiger partial charge in [-0.15, -0.1) is 10.2 Å². The average Bonchev–Trinajstić information content (AvgIpc) is 2.99. The molecule has 230 valence electrons. The Kier molecular flexibility index (Phi) is 8.61. The Morgan fingerprint density at radius 1 is 0.578 bits per heavy atom. The standard InChI is InChI=1S/C29H23N5O8S3/c1-43(35,36)27-9-5-8-23-24(16-17-26(29(23)27)30-19-6-3-2-4-7-19)33-34-25-15-12-21(18-28(25)45(40,41)42)32-31-20-10-13-22(14-11-20)44(37,38)39/h2-18,30H,1H2,(H,35,36)(H,37,38,39)(H,40,41,42). The molecule has 5 aromatic rings. The number of anilines is 2. The SMILES string of the molecule is C=S(=O)(O)c1cccc2c(N=Nc3ccc(N=Nc4ccc(S(=O)(=O)O)cc4)cc3S(=O)(=O)O)ccc(Nc3ccccc3)c12. The Bertz CT molecular complexity index is 2310. The van der Waals surface area contributed by atoms with E-state index in [-0.39, 0.29) is 32.5 Å². The summed E-state index contributed by atoms with van der Waals surface area (Å²) in [5.41, 5.74) is 1.43. The first kappa shape index (κ1) is 31.6. The Balaban J connectivity index is 1.53. The van der Waals surface area contributed by atoms with Gasteiger partial charge in [0.1, 0.15) is 20.4 Å². The maximum Gasteiger partial charge on any atom is 0.296 e. The zero-order valence-electron chi connectivity index (χ0n) is 22.9. The van der Waals surface area contributed by atoms with Crippen LogP contribution < -0.4 is 5.32 Å². The number of para-hydroxylation sites is 1. The molecule has 16 heteroatoms. The van der Waals surface area contributed by atoms with Crippen molar-refractivity contribution >= 4 is 80.8 Å². The van der Waals surface area contributed by atoms with Crippen LogP contribution >= 0.6 is 0 Å². The summed E-state index contributed by atoms with van der Waals surface area (Å²) in [5, 5.41) is 20.1. The molecule has 0 radical (unpaired) electrons. The third kappa shape index (κ3) is 7.46. The summed E-state index contributed by atoms with van der Waals surface area (Å²) in [5.74, 6) is 3.41. The smallest absolute Gasteiger partial charge is 0.296 e. The number of fused-ring (bicyclic) bond motifs is 1. The molecule has 0 bridgehead atoms. The van der Waals surface area contributed by atoms with Crippen molar-refractivity contribution in [2.45, 2.75) is 14.7 Å². The summed E-state index contributed by atoms with van der Waals surface area (Å²) in [6, 6.07) is 25.5. The molecule has 0 spiro atoms. The average molecular weight is 666 g/mol. The number of nitrogens with one attached hydrogen (secondary N) is 1. The van der Waals surface area contributed by atoms with Crippen molar-refractivity contribution < 1.29 is 34.7 Å². The largest absolute Gasteiger partial charge is 0.355 e. The van der Waals surface area contributed by atoms with Crippen LogP contribution in [0.15, 0.2) is 138 Å². The first-order chi connectivity index (χ1) is 21.2. The van der Waals surface area contributed by atoms with E-state index in [1.165, 1.54) is 30.3 Å². The molecule has 0 saturated carbocycles. The van der Waals surface area contributed by atoms with Crippen molar-refractivity contribution in [3.63, 3.8) is 0 Å². The van der Waals surface area contributed by atoms with Gasteiger partial charge in [0.05, 0.1) is 26.9 Å². The first-order valence-electron chi connectivity index (χ1n) is 12.7. The van der Waals surface area contributed by atoms with Gasteiger partial charge in [0.25, 0.3) is 20.2 Å². The predicted octanol–water partition coefficient (Wildman–Crippen LogP) is 7.46. The van der Waals surface area contributed by atoms with E-state index in [1.54, 1.807) is 24.3 Å². The lowest BCUT2D eigenvalue weighted by molar-refractivity contribution is 0.481. The van der Waals surface area contributed by atoms with Gasteiger partial charge in [-0.25, -0.2) is 4.21 Å². The molecule has 1 atom stereocenters. The van der Waals surface area contributed by atoms with E-state index in [0.29, 0.717) is 16.5 Å². The molecule has 0 amide bonds. The van der Waals surface area contributed by atoms with Crippen LogP contribution in [0.3, 0.4) is 0 Å². The van der Waals surface area contributed by atoms with E-state index in [1.807, 2.05) is 30.3 Å². The van der Waals surface area contributed by atoms with E-state index >= 15 is 0 Å². The van der Waals surface area contributed by atoms with Gasteiger partial charge in [-0.2, -0.15) is 27.1 Å². The fraction of sp³-hybridized carbons (Fsp3) is 0. The third-order valence-corrected chi connectivity index (χ3v) is 9.06. The highest BCUT2D eigenvalue weighted by atomic mass is 32.2. The number of azo groups is 2. The number of hydrogen-bond acceptors (Lipinski definition) is 10. The molecule has 0 aromatic heterocycles. The van der Waals surface area contributed by atoms with Crippen LogP contribution in [0.4, 0.5) is 34.1 Å². The normalized spacial score (nSPS) is 13.8. The Hall–Kier alpha value is -4.84. The second kappa shape index (κ2) is 12.3. The van der Waals surface area contributed by atoms with Gasteiger partial charge >= 0.3 is 0 Å². The van der Waals surface area contributed by atoms with Gasteiger partial charge in [0.15, 0.2) is 0 Å². The molecule has 1 unspecified atom stereocenters. The lowest BCUT2D eigenvalue weighted by Crippen LogP contribution is -2.01. The molecule has 0 aliphatic heterocycles. The van der Waals surface area contributed by atoms with Crippen molar-refractivity contribution in [1.82, 2.24) is 0 Å². The summed E-state index contributed by atoms with van der Waals surface area (Å²) < 4.78 is 89.0. The number of hydrogen-bond donors (Lipinski definition) is 4. The fourth-order valence-electron chi connectivity index (χ4n) is 4.25. The minimum atomic E-state index is -4.81. The minimum absolute atomic E-state index is 0.0139. The van der Waals surface area contributed by atoms with E-state index in [9.17, 15) is 30.1 Å². The Morgan fingerprint density at radius 3 is 1.84 bits per heavy atom. The fourth-order valence-corrected chi connectivity index (χ4v) is 6.21. The van der Waals surface area contributed by atoms with Crippen LogP contribution in [0, 0.1) is 0 Å². The van der Waals surface area contributed by atoms with E-state index in [2.05, 4.69) is 31.6 Å². The molecule has 0 aliphatic carbocycles. The lowest BCUT2D eigenvalue weighted by atomic mass is 10.1. The van der Waals surface area contributed by atoms with Crippen molar-refractivity contribution in [2.24, 2.45) is 20.5 Å². The van der Waals surface area contributed by atoms with Gasteiger partial charge in [-0.05, 0) is 78.7 Å². The summed E-state index contributed by atoms with van der Waals surface area (Å²) in [7, 11) is -12.9. The molecule has 4 N–H and O–H groups in total. The molecule has 0 fully saturated rings.